The van der Waals surface area contributed by atoms with Crippen molar-refractivity contribution in [3.05, 3.63) is 0 Å². The summed E-state index contributed by atoms with van der Waals surface area (Å²) in [6.07, 6.45) is 0. The van der Waals surface area contributed by atoms with E-state index in [1.807, 2.05) is 0 Å². The molecule has 0 amide bonds. The summed E-state index contributed by atoms with van der Waals surface area (Å²) in [6.45, 7) is 0. The van der Waals surface area contributed by atoms with E-state index in [0.717, 1.165) is 0 Å². The molecule has 0 atom stereocenters. The summed E-state index contributed by atoms with van der Waals surface area (Å²) in [6, 6.07) is 0. The summed E-state index contributed by atoms with van der Waals surface area (Å²) in [4.78, 5) is 0. The van der Waals surface area contributed by atoms with Crippen LogP contribution in [0.5, 0.6) is 0 Å². The van der Waals surface area contributed by atoms with Crippen LogP contribution in [0.4, 0.5) is 0 Å². The van der Waals surface area contributed by atoms with Crippen LogP contribution >= 0.6 is 81.7 Å². The van der Waals surface area contributed by atoms with Crippen LogP contribution in [0.2, 0.25) is 0 Å². The van der Waals surface area contributed by atoms with Gasteiger partial charge in [0.25, 0.3) is 0 Å². The van der Waals surface area contributed by atoms with Crippen molar-refractivity contribution in [1.29, 1.82) is 0 Å². The van der Waals surface area contributed by atoms with Gasteiger partial charge in [0.05, 0.1) is 0 Å². The van der Waals surface area contributed by atoms with Gasteiger partial charge in [-0.15, -0.1) is 0 Å². The van der Waals surface area contributed by atoms with Crippen LogP contribution in [0.3, 0.4) is 0 Å². The molecule has 0 aromatic rings. The summed E-state index contributed by atoms with van der Waals surface area (Å²) in [5, 5.41) is 0. The zero-order valence-corrected chi connectivity index (χ0v) is 13.8. The average Bonchev–Trinajstić information content (AvgIpc) is 0.592. The Morgan fingerprint density at radius 3 is 0.571 bits per heavy atom. The van der Waals surface area contributed by atoms with E-state index in [2.05, 4.69) is 81.7 Å². The Kier molecular flexibility index (Phi) is 3.01. The van der Waals surface area contributed by atoms with Gasteiger partial charge in [-0.25, -0.2) is 0 Å². The molecule has 0 aromatic carbocycles. The first-order valence-electron chi connectivity index (χ1n) is 0.756. The molecule has 0 aliphatic heterocycles. The summed E-state index contributed by atoms with van der Waals surface area (Å²) in [7, 11) is 0. The molecular weight excluding hydrogens is 582 g/mol. The number of hydrogen-bond donors (Lipinski definition) is 0. The zero-order chi connectivity index (χ0) is 6.41. The van der Waals surface area contributed by atoms with Gasteiger partial charge >= 0.3 is 82.4 Å². The van der Waals surface area contributed by atoms with E-state index in [-0.39, 0.29) is 0 Å². The maximum absolute atomic E-state index is 3.34. The van der Waals surface area contributed by atoms with Crippen molar-refractivity contribution in [2.45, 2.75) is 0 Å². The van der Waals surface area contributed by atoms with Crippen molar-refractivity contribution in [3.8, 4) is 0 Å². The van der Waals surface area contributed by atoms with Crippen LogP contribution in [0.1, 0.15) is 0 Å². The molecule has 0 nitrogen and oxygen atoms in total. The van der Waals surface area contributed by atoms with Crippen LogP contribution < -0.4 is 0 Å². The van der Waals surface area contributed by atoms with E-state index in [1.54, 1.807) is 0 Å². The van der Waals surface area contributed by atoms with Gasteiger partial charge in [0.2, 0.25) is 0 Å². The SMILES string of the molecule is [Br][Rh]([Br])([Br])([Br])([Br])[Br]. The average molecular weight is 582 g/mol. The molecule has 7 heteroatoms. The van der Waals surface area contributed by atoms with Crippen LogP contribution in [0.15, 0.2) is 0 Å². The van der Waals surface area contributed by atoms with Crippen LogP contribution in [0.25, 0.3) is 0 Å². The van der Waals surface area contributed by atoms with E-state index in [4.69, 9.17) is 0 Å². The first-order valence-corrected chi connectivity index (χ1v) is 23.2. The molecule has 0 aliphatic rings. The molecule has 0 aliphatic carbocycles. The van der Waals surface area contributed by atoms with E-state index in [1.165, 1.54) is 0 Å². The van der Waals surface area contributed by atoms with Crippen molar-refractivity contribution in [1.82, 2.24) is 0 Å². The minimum absolute atomic E-state index is 3.11. The molecule has 0 radical (unpaired) electrons. The topological polar surface area (TPSA) is 0 Å². The molecule has 0 bridgehead atoms. The van der Waals surface area contributed by atoms with Gasteiger partial charge in [0.15, 0.2) is 0 Å². The zero-order valence-electron chi connectivity index (χ0n) is 2.60. The van der Waals surface area contributed by atoms with E-state index < -0.39 is 0.665 Å². The van der Waals surface area contributed by atoms with E-state index in [9.17, 15) is 0 Å². The van der Waals surface area contributed by atoms with Crippen LogP contribution in [-0.2, 0) is 0.665 Å². The summed E-state index contributed by atoms with van der Waals surface area (Å²) >= 11 is 20.0. The third-order valence-corrected chi connectivity index (χ3v) is 0. The van der Waals surface area contributed by atoms with Crippen LogP contribution in [-0.4, -0.2) is 0 Å². The Labute approximate surface area is 80.4 Å². The Hall–Kier alpha value is 3.50. The van der Waals surface area contributed by atoms with Crippen LogP contribution in [0, 0.1) is 0 Å². The molecule has 0 heterocycles. The van der Waals surface area contributed by atoms with E-state index >= 15 is 0 Å². The fourth-order valence-electron chi connectivity index (χ4n) is 0. The van der Waals surface area contributed by atoms with Crippen molar-refractivity contribution in [2.75, 3.05) is 0 Å². The predicted octanol–water partition coefficient (Wildman–Crippen LogP) is 5.07. The van der Waals surface area contributed by atoms with Gasteiger partial charge in [-0.1, -0.05) is 0 Å². The summed E-state index contributed by atoms with van der Waals surface area (Å²) < 4.78 is -3.11. The van der Waals surface area contributed by atoms with Crippen molar-refractivity contribution >= 4 is 81.7 Å². The Morgan fingerprint density at radius 1 is 0.571 bits per heavy atom. The first kappa shape index (κ1) is 10.5. The minimum atomic E-state index is -3.11. The van der Waals surface area contributed by atoms with Gasteiger partial charge in [0, 0.05) is 0 Å². The normalized spacial score (nSPS) is 23.1. The second-order valence-electron chi connectivity index (χ2n) is 0.714. The van der Waals surface area contributed by atoms with Gasteiger partial charge < -0.3 is 0 Å². The van der Waals surface area contributed by atoms with Gasteiger partial charge in [-0.05, 0) is 0 Å². The Morgan fingerprint density at radius 2 is 0.571 bits per heavy atom. The second-order valence-corrected chi connectivity index (χ2v) is 114. The molecule has 51 valence electrons. The maximum atomic E-state index is 3.34. The third kappa shape index (κ3) is 43.6. The summed E-state index contributed by atoms with van der Waals surface area (Å²) in [5.41, 5.74) is 0. The van der Waals surface area contributed by atoms with Crippen molar-refractivity contribution < 1.29 is 0.665 Å². The second kappa shape index (κ2) is 2.01. The van der Waals surface area contributed by atoms with Crippen molar-refractivity contribution in [3.63, 3.8) is 0 Å². The molecule has 0 saturated carbocycles. The van der Waals surface area contributed by atoms with E-state index in [0.29, 0.717) is 0 Å². The first-order chi connectivity index (χ1) is 2.45. The molecule has 0 rings (SSSR count). The molecule has 0 fully saturated rings. The molecule has 0 saturated heterocycles. The monoisotopic (exact) mass is 576 g/mol. The Bertz CT molecular complexity index is 62.7. The molecule has 0 N–H and O–H groups in total. The van der Waals surface area contributed by atoms with Gasteiger partial charge in [-0.3, -0.25) is 0 Å². The molecule has 0 spiro atoms. The molecule has 7 heavy (non-hydrogen) atoms. The fraction of sp³-hybridized carbons (Fsp3) is 0. The van der Waals surface area contributed by atoms with Crippen molar-refractivity contribution in [2.24, 2.45) is 0 Å². The number of halogens is 6. The molecule has 0 unspecified atom stereocenters. The number of rotatable bonds is 0. The quantitative estimate of drug-likeness (QED) is 0.350. The number of hydrogen-bond acceptors (Lipinski definition) is 0. The Balaban J connectivity index is 4.43. The van der Waals surface area contributed by atoms with Gasteiger partial charge in [0.1, 0.15) is 0 Å². The predicted molar refractivity (Wildman–Crippen MR) is 53.6 cm³/mol. The summed E-state index contributed by atoms with van der Waals surface area (Å²) in [5.74, 6) is 0. The standard InChI is InChI=1S/6BrH.Rh/h6*1H;/q;;;;;;+6/p-6. The molecular formula is Br6Rh. The third-order valence-electron chi connectivity index (χ3n) is 0. The van der Waals surface area contributed by atoms with Gasteiger partial charge in [-0.2, -0.15) is 0 Å². The fourth-order valence-corrected chi connectivity index (χ4v) is 0. The molecule has 0 aromatic heterocycles.